The average Bonchev–Trinajstić information content (AvgIpc) is 2.46. The predicted molar refractivity (Wildman–Crippen MR) is 114 cm³/mol. The molecule has 0 aromatic rings. The summed E-state index contributed by atoms with van der Waals surface area (Å²) in [5, 5.41) is 0. The molecule has 0 aliphatic heterocycles. The van der Waals surface area contributed by atoms with Gasteiger partial charge in [0.05, 0.1) is 6.61 Å². The van der Waals surface area contributed by atoms with Crippen molar-refractivity contribution >= 4 is 55.8 Å². The van der Waals surface area contributed by atoms with Gasteiger partial charge in [0.25, 0.3) is 3.93 Å². The Morgan fingerprint density at radius 1 is 0.826 bits per heavy atom. The van der Waals surface area contributed by atoms with Gasteiger partial charge in [0.15, 0.2) is 0 Å². The Morgan fingerprint density at radius 2 is 1.26 bits per heavy atom. The summed E-state index contributed by atoms with van der Waals surface area (Å²) >= 11 is 11.0. The normalized spacial score (nSPS) is 12.0. The molecular weight excluding hydrogens is 504 g/mol. The molecule has 0 N–H and O–H groups in total. The molecule has 2 nitrogen and oxygen atoms in total. The van der Waals surface area contributed by atoms with Crippen LogP contribution < -0.4 is 0 Å². The molecule has 0 spiro atoms. The lowest BCUT2D eigenvalue weighted by Gasteiger charge is -2.08. The molecule has 136 valence electrons. The van der Waals surface area contributed by atoms with Crippen LogP contribution in [0, 0.1) is 0 Å². The van der Waals surface area contributed by atoms with Crippen LogP contribution in [0.3, 0.4) is 0 Å². The van der Waals surface area contributed by atoms with Crippen LogP contribution in [0.25, 0.3) is 0 Å². The highest BCUT2D eigenvalue weighted by Crippen LogP contribution is 2.33. The summed E-state index contributed by atoms with van der Waals surface area (Å²) in [7, 11) is 0. The first-order valence-electron chi connectivity index (χ1n) is 8.82. The van der Waals surface area contributed by atoms with E-state index in [1.165, 1.54) is 76.3 Å². The number of hydrogen-bond donors (Lipinski definition) is 0. The summed E-state index contributed by atoms with van der Waals surface area (Å²) in [6.07, 6.45) is 17.4. The molecule has 23 heavy (non-hydrogen) atoms. The van der Waals surface area contributed by atoms with Crippen LogP contribution in [0.15, 0.2) is 12.2 Å². The molecule has 0 saturated carbocycles. The molecule has 0 bridgehead atoms. The first-order valence-corrected chi connectivity index (χ1v) is 17.8. The van der Waals surface area contributed by atoms with Gasteiger partial charge in [0.1, 0.15) is 0 Å². The van der Waals surface area contributed by atoms with Crippen LogP contribution in [0.2, 0.25) is 6.04 Å². The van der Waals surface area contributed by atoms with Crippen molar-refractivity contribution in [3.63, 3.8) is 0 Å². The SMILES string of the molecule is CC=CC(=O)OCCCCCCCCCCCCC[Si](Br)(Br)Br. The molecule has 0 aromatic heterocycles. The zero-order valence-electron chi connectivity index (χ0n) is 14.3. The third-order valence-electron chi connectivity index (χ3n) is 3.65. The fraction of sp³-hybridized carbons (Fsp3) is 0.824. The number of allylic oxidation sites excluding steroid dienone is 1. The molecule has 0 aromatic carbocycles. The fourth-order valence-electron chi connectivity index (χ4n) is 2.38. The Bertz CT molecular complexity index is 317. The average molecular weight is 535 g/mol. The monoisotopic (exact) mass is 532 g/mol. The summed E-state index contributed by atoms with van der Waals surface area (Å²) in [4.78, 5) is 11.1. The van der Waals surface area contributed by atoms with Gasteiger partial charge in [0.2, 0.25) is 0 Å². The van der Waals surface area contributed by atoms with Crippen molar-refractivity contribution in [3.8, 4) is 0 Å². The van der Waals surface area contributed by atoms with E-state index in [1.54, 1.807) is 6.08 Å². The van der Waals surface area contributed by atoms with Gasteiger partial charge in [-0.2, -0.15) is 0 Å². The summed E-state index contributed by atoms with van der Waals surface area (Å²) in [5.41, 5.74) is 0. The summed E-state index contributed by atoms with van der Waals surface area (Å²) in [6.45, 7) is 2.38. The fourth-order valence-corrected chi connectivity index (χ4v) is 5.55. The standard InChI is InChI=1S/C17H31Br3O2Si/c1-2-14-17(21)22-15-12-10-8-6-4-3-5-7-9-11-13-16-23(18,19)20/h2,14H,3-13,15-16H2,1H3. The molecule has 0 atom stereocenters. The Kier molecular flexibility index (Phi) is 17.0. The molecule has 0 rings (SSSR count). The quantitative estimate of drug-likeness (QED) is 0.0713. The highest BCUT2D eigenvalue weighted by Gasteiger charge is 2.20. The number of hydrogen-bond acceptors (Lipinski definition) is 2. The second-order valence-electron chi connectivity index (χ2n) is 5.92. The largest absolute Gasteiger partial charge is 0.463 e. The third kappa shape index (κ3) is 20.8. The van der Waals surface area contributed by atoms with Crippen molar-refractivity contribution in [1.82, 2.24) is 0 Å². The number of rotatable bonds is 15. The lowest BCUT2D eigenvalue weighted by atomic mass is 10.1. The molecule has 0 radical (unpaired) electrons. The number of esters is 1. The van der Waals surface area contributed by atoms with Crippen molar-refractivity contribution in [2.24, 2.45) is 0 Å². The second kappa shape index (κ2) is 16.3. The van der Waals surface area contributed by atoms with Gasteiger partial charge in [-0.1, -0.05) is 116 Å². The summed E-state index contributed by atoms with van der Waals surface area (Å²) in [6, 6.07) is 1.25. The van der Waals surface area contributed by atoms with Crippen LogP contribution in [0.5, 0.6) is 0 Å². The van der Waals surface area contributed by atoms with Gasteiger partial charge < -0.3 is 4.74 Å². The molecule has 6 heteroatoms. The zero-order valence-corrected chi connectivity index (χ0v) is 20.1. The van der Waals surface area contributed by atoms with Crippen LogP contribution in [-0.2, 0) is 9.53 Å². The van der Waals surface area contributed by atoms with Crippen LogP contribution in [0.1, 0.15) is 77.6 Å². The van der Waals surface area contributed by atoms with Crippen molar-refractivity contribution < 1.29 is 9.53 Å². The Balaban J connectivity index is 3.12. The molecule has 0 heterocycles. The van der Waals surface area contributed by atoms with E-state index in [9.17, 15) is 4.79 Å². The summed E-state index contributed by atoms with van der Waals surface area (Å²) < 4.78 is 3.70. The van der Waals surface area contributed by atoms with Crippen LogP contribution >= 0.6 is 45.9 Å². The van der Waals surface area contributed by atoms with E-state index in [-0.39, 0.29) is 5.97 Å². The molecule has 0 aliphatic carbocycles. The van der Waals surface area contributed by atoms with Gasteiger partial charge in [-0.25, -0.2) is 4.79 Å². The number of ether oxygens (including phenoxy) is 1. The molecule has 0 unspecified atom stereocenters. The van der Waals surface area contributed by atoms with Crippen LogP contribution in [0.4, 0.5) is 0 Å². The lowest BCUT2D eigenvalue weighted by molar-refractivity contribution is -0.137. The van der Waals surface area contributed by atoms with Gasteiger partial charge in [-0.15, -0.1) is 0 Å². The van der Waals surface area contributed by atoms with Crippen LogP contribution in [-0.4, -0.2) is 16.5 Å². The zero-order chi connectivity index (χ0) is 17.4. The Labute approximate surface area is 166 Å². The van der Waals surface area contributed by atoms with Gasteiger partial charge in [0, 0.05) is 6.08 Å². The van der Waals surface area contributed by atoms with Gasteiger partial charge >= 0.3 is 5.97 Å². The second-order valence-corrected chi connectivity index (χ2v) is 29.4. The third-order valence-corrected chi connectivity index (χ3v) is 8.14. The number of unbranched alkanes of at least 4 members (excludes halogenated alkanes) is 10. The maximum absolute atomic E-state index is 11.1. The first-order chi connectivity index (χ1) is 11.0. The van der Waals surface area contributed by atoms with E-state index < -0.39 is 3.93 Å². The maximum Gasteiger partial charge on any atom is 0.330 e. The van der Waals surface area contributed by atoms with E-state index >= 15 is 0 Å². The van der Waals surface area contributed by atoms with Gasteiger partial charge in [-0.3, -0.25) is 0 Å². The molecular formula is C17H31Br3O2Si. The highest BCUT2D eigenvalue weighted by molar-refractivity contribution is 9.72. The number of carbonyl (C=O) groups excluding carboxylic acids is 1. The first kappa shape index (κ1) is 23.9. The minimum atomic E-state index is -1.36. The van der Waals surface area contributed by atoms with E-state index in [1.807, 2.05) is 6.92 Å². The smallest absolute Gasteiger partial charge is 0.330 e. The highest BCUT2D eigenvalue weighted by atomic mass is 80.0. The number of halogens is 3. The molecule has 0 aliphatic rings. The number of carbonyl (C=O) groups is 1. The maximum atomic E-state index is 11.1. The van der Waals surface area contributed by atoms with E-state index in [4.69, 9.17) is 4.74 Å². The van der Waals surface area contributed by atoms with E-state index in [2.05, 4.69) is 45.9 Å². The lowest BCUT2D eigenvalue weighted by Crippen LogP contribution is -2.04. The molecule has 0 fully saturated rings. The van der Waals surface area contributed by atoms with E-state index in [0.717, 1.165) is 6.42 Å². The van der Waals surface area contributed by atoms with Crippen molar-refractivity contribution in [2.75, 3.05) is 6.61 Å². The summed E-state index contributed by atoms with van der Waals surface area (Å²) in [5.74, 6) is -0.219. The molecule has 0 saturated heterocycles. The Morgan fingerprint density at radius 3 is 1.70 bits per heavy atom. The van der Waals surface area contributed by atoms with Gasteiger partial charge in [-0.05, 0) is 19.4 Å². The Hall–Kier alpha value is 0.867. The minimum absolute atomic E-state index is 0.219. The van der Waals surface area contributed by atoms with E-state index in [0.29, 0.717) is 6.61 Å². The topological polar surface area (TPSA) is 26.3 Å². The predicted octanol–water partition coefficient (Wildman–Crippen LogP) is 7.52. The molecule has 0 amide bonds. The van der Waals surface area contributed by atoms with Crippen molar-refractivity contribution in [2.45, 2.75) is 83.6 Å². The minimum Gasteiger partial charge on any atom is -0.463 e. The van der Waals surface area contributed by atoms with Crippen molar-refractivity contribution in [1.29, 1.82) is 0 Å². The van der Waals surface area contributed by atoms with Crippen molar-refractivity contribution in [3.05, 3.63) is 12.2 Å².